The van der Waals surface area contributed by atoms with E-state index in [0.29, 0.717) is 25.3 Å². The smallest absolute Gasteiger partial charge is 0.317 e. The van der Waals surface area contributed by atoms with Gasteiger partial charge in [-0.1, -0.05) is 44.2 Å². The molecule has 1 aliphatic rings. The van der Waals surface area contributed by atoms with Crippen molar-refractivity contribution in [3.05, 3.63) is 59.9 Å². The second kappa shape index (κ2) is 12.9. The molecule has 2 aromatic carbocycles. The Balaban J connectivity index is 1.59. The summed E-state index contributed by atoms with van der Waals surface area (Å²) in [5, 5.41) is 14.5. The number of hydrogen-bond acceptors (Lipinski definition) is 5. The van der Waals surface area contributed by atoms with Crippen LogP contribution in [0.15, 0.2) is 48.5 Å². The number of nitrogens with zero attached hydrogens (tertiary/aromatic N) is 1. The maximum absolute atomic E-state index is 14.7. The number of amides is 4. The molecule has 1 fully saturated rings. The lowest BCUT2D eigenvalue weighted by atomic mass is 9.84. The summed E-state index contributed by atoms with van der Waals surface area (Å²) in [5.41, 5.74) is 2.63. The van der Waals surface area contributed by atoms with Gasteiger partial charge in [0.15, 0.2) is 0 Å². The van der Waals surface area contributed by atoms with Crippen LogP contribution in [0, 0.1) is 23.6 Å². The van der Waals surface area contributed by atoms with Crippen LogP contribution in [0.2, 0.25) is 0 Å². The SMILES string of the molecule is CC(C)CNC(=O)N1CCC(C(=O)Nc2ccc(OCCc3ccccc3)cc2F)C(C(=O)NO)C1. The molecule has 3 rings (SSSR count). The minimum absolute atomic E-state index is 0.0457. The molecule has 0 saturated carbocycles. The Kier molecular flexibility index (Phi) is 9.63. The van der Waals surface area contributed by atoms with E-state index >= 15 is 0 Å². The largest absolute Gasteiger partial charge is 0.493 e. The standard InChI is InChI=1S/C26H33FN4O5/c1-17(2)15-28-26(34)31-12-10-20(21(16-31)25(33)30-35)24(32)29-23-9-8-19(14-22(23)27)36-13-11-18-6-4-3-5-7-18/h3-9,14,17,20-21,35H,10-13,15-16H2,1-2H3,(H,28,34)(H,29,32)(H,30,33). The predicted octanol–water partition coefficient (Wildman–Crippen LogP) is 3.19. The molecule has 4 amide bonds. The molecule has 1 saturated heterocycles. The van der Waals surface area contributed by atoms with Crippen molar-refractivity contribution >= 4 is 23.5 Å². The third kappa shape index (κ3) is 7.42. The van der Waals surface area contributed by atoms with Gasteiger partial charge in [0.25, 0.3) is 0 Å². The molecule has 4 N–H and O–H groups in total. The summed E-state index contributed by atoms with van der Waals surface area (Å²) in [5.74, 6) is -3.27. The van der Waals surface area contributed by atoms with Crippen molar-refractivity contribution in [3.8, 4) is 5.75 Å². The minimum Gasteiger partial charge on any atom is -0.493 e. The molecular formula is C26H33FN4O5. The fourth-order valence-corrected chi connectivity index (χ4v) is 4.05. The second-order valence-electron chi connectivity index (χ2n) is 9.22. The summed E-state index contributed by atoms with van der Waals surface area (Å²) in [6, 6.07) is 13.6. The number of benzene rings is 2. The van der Waals surface area contributed by atoms with Crippen molar-refractivity contribution in [3.63, 3.8) is 0 Å². The lowest BCUT2D eigenvalue weighted by Crippen LogP contribution is -2.54. The average molecular weight is 501 g/mol. The van der Waals surface area contributed by atoms with Gasteiger partial charge in [-0.3, -0.25) is 14.8 Å². The highest BCUT2D eigenvalue weighted by Gasteiger charge is 2.40. The first-order chi connectivity index (χ1) is 17.3. The predicted molar refractivity (Wildman–Crippen MR) is 132 cm³/mol. The van der Waals surface area contributed by atoms with Crippen LogP contribution in [-0.2, 0) is 16.0 Å². The first-order valence-corrected chi connectivity index (χ1v) is 12.0. The molecule has 0 radical (unpaired) electrons. The molecule has 1 heterocycles. The summed E-state index contributed by atoms with van der Waals surface area (Å²) in [7, 11) is 0. The molecule has 0 bridgehead atoms. The van der Waals surface area contributed by atoms with Gasteiger partial charge in [-0.25, -0.2) is 14.7 Å². The van der Waals surface area contributed by atoms with E-state index in [1.54, 1.807) is 11.5 Å². The summed E-state index contributed by atoms with van der Waals surface area (Å²) >= 11 is 0. The van der Waals surface area contributed by atoms with Crippen molar-refractivity contribution in [1.82, 2.24) is 15.7 Å². The van der Waals surface area contributed by atoms with Crippen LogP contribution in [0.1, 0.15) is 25.8 Å². The first kappa shape index (κ1) is 26.9. The quantitative estimate of drug-likeness (QED) is 0.311. The van der Waals surface area contributed by atoms with Gasteiger partial charge in [0.2, 0.25) is 11.8 Å². The third-order valence-corrected chi connectivity index (χ3v) is 6.05. The van der Waals surface area contributed by atoms with E-state index in [9.17, 15) is 24.0 Å². The van der Waals surface area contributed by atoms with Gasteiger partial charge in [0.05, 0.1) is 24.1 Å². The van der Waals surface area contributed by atoms with Crippen LogP contribution in [0.5, 0.6) is 5.75 Å². The molecule has 10 heteroatoms. The van der Waals surface area contributed by atoms with Gasteiger partial charge >= 0.3 is 6.03 Å². The number of piperidine rings is 1. The number of anilines is 1. The Morgan fingerprint density at radius 3 is 2.53 bits per heavy atom. The normalized spacial score (nSPS) is 17.4. The Morgan fingerprint density at radius 1 is 1.11 bits per heavy atom. The van der Waals surface area contributed by atoms with Crippen molar-refractivity contribution in [2.75, 3.05) is 31.6 Å². The van der Waals surface area contributed by atoms with Gasteiger partial charge < -0.3 is 20.3 Å². The van der Waals surface area contributed by atoms with Gasteiger partial charge in [-0.05, 0) is 30.0 Å². The first-order valence-electron chi connectivity index (χ1n) is 12.0. The van der Waals surface area contributed by atoms with E-state index in [2.05, 4.69) is 10.6 Å². The van der Waals surface area contributed by atoms with Crippen LogP contribution >= 0.6 is 0 Å². The molecule has 2 aromatic rings. The van der Waals surface area contributed by atoms with Gasteiger partial charge in [0, 0.05) is 32.1 Å². The number of ether oxygens (including phenoxy) is 1. The molecular weight excluding hydrogens is 467 g/mol. The number of halogens is 1. The number of likely N-dealkylation sites (tertiary alicyclic amines) is 1. The van der Waals surface area contributed by atoms with Gasteiger partial charge in [-0.2, -0.15) is 0 Å². The fourth-order valence-electron chi connectivity index (χ4n) is 4.05. The number of rotatable bonds is 9. The zero-order valence-corrected chi connectivity index (χ0v) is 20.5. The molecule has 194 valence electrons. The Morgan fingerprint density at radius 2 is 1.86 bits per heavy atom. The number of carbonyl (C=O) groups is 3. The molecule has 0 aliphatic carbocycles. The van der Waals surface area contributed by atoms with E-state index in [-0.39, 0.29) is 37.1 Å². The van der Waals surface area contributed by atoms with Crippen LogP contribution in [0.4, 0.5) is 14.9 Å². The maximum atomic E-state index is 14.7. The summed E-state index contributed by atoms with van der Waals surface area (Å²) in [6.07, 6.45) is 0.852. The topological polar surface area (TPSA) is 120 Å². The number of nitrogens with one attached hydrogen (secondary N) is 3. The molecule has 1 aliphatic heterocycles. The highest BCUT2D eigenvalue weighted by Crippen LogP contribution is 2.27. The Hall–Kier alpha value is -3.66. The summed E-state index contributed by atoms with van der Waals surface area (Å²) in [4.78, 5) is 39.1. The zero-order chi connectivity index (χ0) is 26.1. The van der Waals surface area contributed by atoms with E-state index in [1.807, 2.05) is 44.2 Å². The second-order valence-corrected chi connectivity index (χ2v) is 9.22. The Labute approximate surface area is 210 Å². The fraction of sp³-hybridized carbons (Fsp3) is 0.423. The molecule has 2 atom stereocenters. The molecule has 9 nitrogen and oxygen atoms in total. The van der Waals surface area contributed by atoms with E-state index in [1.165, 1.54) is 17.0 Å². The lowest BCUT2D eigenvalue weighted by Gasteiger charge is -2.36. The molecule has 0 spiro atoms. The zero-order valence-electron chi connectivity index (χ0n) is 20.5. The van der Waals surface area contributed by atoms with Crippen LogP contribution in [-0.4, -0.2) is 54.2 Å². The summed E-state index contributed by atoms with van der Waals surface area (Å²) < 4.78 is 20.3. The number of urea groups is 1. The van der Waals surface area contributed by atoms with E-state index < -0.39 is 29.5 Å². The average Bonchev–Trinajstić information content (AvgIpc) is 2.88. The lowest BCUT2D eigenvalue weighted by molar-refractivity contribution is -0.141. The van der Waals surface area contributed by atoms with Crippen molar-refractivity contribution in [2.45, 2.75) is 26.7 Å². The molecule has 2 unspecified atom stereocenters. The summed E-state index contributed by atoms with van der Waals surface area (Å²) in [6.45, 7) is 4.96. The third-order valence-electron chi connectivity index (χ3n) is 6.05. The van der Waals surface area contributed by atoms with Crippen LogP contribution in [0.25, 0.3) is 0 Å². The van der Waals surface area contributed by atoms with Gasteiger partial charge in [0.1, 0.15) is 11.6 Å². The van der Waals surface area contributed by atoms with Crippen LogP contribution in [0.3, 0.4) is 0 Å². The number of hydrogen-bond donors (Lipinski definition) is 4. The minimum atomic E-state index is -0.989. The maximum Gasteiger partial charge on any atom is 0.317 e. The number of carbonyl (C=O) groups excluding carboxylic acids is 3. The highest BCUT2D eigenvalue weighted by atomic mass is 19.1. The van der Waals surface area contributed by atoms with E-state index in [4.69, 9.17) is 4.74 Å². The van der Waals surface area contributed by atoms with Gasteiger partial charge in [-0.15, -0.1) is 0 Å². The Bertz CT molecular complexity index is 1050. The number of hydroxylamine groups is 1. The molecule has 0 aromatic heterocycles. The highest BCUT2D eigenvalue weighted by molar-refractivity contribution is 5.96. The monoisotopic (exact) mass is 500 g/mol. The molecule has 36 heavy (non-hydrogen) atoms. The van der Waals surface area contributed by atoms with Crippen LogP contribution < -0.4 is 20.9 Å². The van der Waals surface area contributed by atoms with Crippen molar-refractivity contribution in [1.29, 1.82) is 0 Å². The van der Waals surface area contributed by atoms with E-state index in [0.717, 1.165) is 5.56 Å². The van der Waals surface area contributed by atoms with Crippen molar-refractivity contribution < 1.29 is 28.7 Å². The van der Waals surface area contributed by atoms with Crippen molar-refractivity contribution in [2.24, 2.45) is 17.8 Å².